The maximum absolute atomic E-state index is 12.3. The molecule has 2 heterocycles. The molecule has 0 spiro atoms. The Balaban J connectivity index is 1.59. The zero-order chi connectivity index (χ0) is 15.9. The number of rotatable bonds is 5. The molecule has 2 N–H and O–H groups in total. The van der Waals surface area contributed by atoms with E-state index in [0.29, 0.717) is 18.2 Å². The Morgan fingerprint density at radius 1 is 1.09 bits per heavy atom. The van der Waals surface area contributed by atoms with Gasteiger partial charge < -0.3 is 10.6 Å². The van der Waals surface area contributed by atoms with Crippen molar-refractivity contribution in [2.24, 2.45) is 0 Å². The second-order valence-electron chi connectivity index (χ2n) is 5.78. The van der Waals surface area contributed by atoms with E-state index in [-0.39, 0.29) is 11.9 Å². The number of carbonyl (C=O) groups excluding carboxylic acids is 1. The molecule has 1 aliphatic carbocycles. The van der Waals surface area contributed by atoms with Crippen molar-refractivity contribution in [3.63, 3.8) is 0 Å². The zero-order valence-corrected chi connectivity index (χ0v) is 13.0. The quantitative estimate of drug-likeness (QED) is 0.887. The minimum atomic E-state index is -0.119. The second-order valence-corrected chi connectivity index (χ2v) is 5.78. The number of pyridine rings is 1. The van der Waals surface area contributed by atoms with Crippen molar-refractivity contribution in [3.05, 3.63) is 48.0 Å². The Bertz CT molecular complexity index is 640. The van der Waals surface area contributed by atoms with Gasteiger partial charge in [0.05, 0.1) is 0 Å². The third-order valence-corrected chi connectivity index (χ3v) is 4.03. The Morgan fingerprint density at radius 2 is 1.87 bits per heavy atom. The normalized spacial score (nSPS) is 15.1. The van der Waals surface area contributed by atoms with Gasteiger partial charge in [0.1, 0.15) is 5.69 Å². The lowest BCUT2D eigenvalue weighted by Gasteiger charge is -2.22. The number of amides is 1. The van der Waals surface area contributed by atoms with Gasteiger partial charge in [0.2, 0.25) is 5.95 Å². The van der Waals surface area contributed by atoms with Crippen LogP contribution < -0.4 is 10.6 Å². The van der Waals surface area contributed by atoms with Crippen LogP contribution in [0.5, 0.6) is 0 Å². The van der Waals surface area contributed by atoms with Gasteiger partial charge in [-0.2, -0.15) is 0 Å². The number of nitrogens with one attached hydrogen (secondary N) is 2. The van der Waals surface area contributed by atoms with Crippen LogP contribution in [0.3, 0.4) is 0 Å². The van der Waals surface area contributed by atoms with Crippen LogP contribution in [-0.4, -0.2) is 26.9 Å². The maximum Gasteiger partial charge on any atom is 0.270 e. The van der Waals surface area contributed by atoms with E-state index in [1.54, 1.807) is 24.7 Å². The molecule has 23 heavy (non-hydrogen) atoms. The van der Waals surface area contributed by atoms with Crippen LogP contribution in [0.25, 0.3) is 0 Å². The Kier molecular flexibility index (Phi) is 5.13. The standard InChI is InChI=1S/C17H21N5O/c23-16(21-14-4-2-1-3-5-14)15-8-11-19-17(22-15)20-12-13-6-9-18-10-7-13/h6-11,14H,1-5,12H2,(H,21,23)(H,19,20,22). The van der Waals surface area contributed by atoms with E-state index >= 15 is 0 Å². The molecule has 0 bridgehead atoms. The topological polar surface area (TPSA) is 79.8 Å². The molecule has 0 aliphatic heterocycles. The van der Waals surface area contributed by atoms with E-state index in [4.69, 9.17) is 0 Å². The lowest BCUT2D eigenvalue weighted by atomic mass is 9.95. The average molecular weight is 311 g/mol. The molecular formula is C17H21N5O. The third kappa shape index (κ3) is 4.48. The molecule has 0 saturated heterocycles. The lowest BCUT2D eigenvalue weighted by Crippen LogP contribution is -2.36. The van der Waals surface area contributed by atoms with Crippen LogP contribution in [0.2, 0.25) is 0 Å². The number of anilines is 1. The van der Waals surface area contributed by atoms with Crippen LogP contribution in [0, 0.1) is 0 Å². The minimum absolute atomic E-state index is 0.119. The van der Waals surface area contributed by atoms with Crippen molar-refractivity contribution in [1.29, 1.82) is 0 Å². The van der Waals surface area contributed by atoms with E-state index in [1.807, 2.05) is 12.1 Å². The van der Waals surface area contributed by atoms with Gasteiger partial charge in [-0.25, -0.2) is 9.97 Å². The molecule has 0 unspecified atom stereocenters. The molecule has 0 aromatic carbocycles. The van der Waals surface area contributed by atoms with E-state index < -0.39 is 0 Å². The molecule has 2 aromatic heterocycles. The molecule has 6 heteroatoms. The molecule has 1 saturated carbocycles. The highest BCUT2D eigenvalue weighted by Gasteiger charge is 2.17. The fourth-order valence-electron chi connectivity index (χ4n) is 2.76. The number of hydrogen-bond acceptors (Lipinski definition) is 5. The predicted octanol–water partition coefficient (Wildman–Crippen LogP) is 2.55. The predicted molar refractivity (Wildman–Crippen MR) is 87.9 cm³/mol. The highest BCUT2D eigenvalue weighted by Crippen LogP contribution is 2.17. The van der Waals surface area contributed by atoms with Crippen LogP contribution in [0.4, 0.5) is 5.95 Å². The van der Waals surface area contributed by atoms with Crippen LogP contribution >= 0.6 is 0 Å². The first kappa shape index (κ1) is 15.4. The first-order valence-electron chi connectivity index (χ1n) is 8.08. The maximum atomic E-state index is 12.3. The Hall–Kier alpha value is -2.50. The van der Waals surface area contributed by atoms with Gasteiger partial charge in [-0.1, -0.05) is 19.3 Å². The summed E-state index contributed by atoms with van der Waals surface area (Å²) in [5.74, 6) is 0.337. The highest BCUT2D eigenvalue weighted by atomic mass is 16.1. The smallest absolute Gasteiger partial charge is 0.270 e. The van der Waals surface area contributed by atoms with E-state index in [1.165, 1.54) is 19.3 Å². The summed E-state index contributed by atoms with van der Waals surface area (Å²) in [5.41, 5.74) is 1.49. The summed E-state index contributed by atoms with van der Waals surface area (Å²) in [6, 6.07) is 5.77. The molecule has 120 valence electrons. The van der Waals surface area contributed by atoms with E-state index in [2.05, 4.69) is 25.6 Å². The molecule has 0 atom stereocenters. The molecule has 1 fully saturated rings. The van der Waals surface area contributed by atoms with E-state index in [0.717, 1.165) is 18.4 Å². The number of aromatic nitrogens is 3. The van der Waals surface area contributed by atoms with Gasteiger partial charge in [-0.05, 0) is 36.6 Å². The average Bonchev–Trinajstić information content (AvgIpc) is 2.62. The van der Waals surface area contributed by atoms with Gasteiger partial charge >= 0.3 is 0 Å². The number of nitrogens with zero attached hydrogens (tertiary/aromatic N) is 3. The van der Waals surface area contributed by atoms with Gasteiger partial charge in [0.15, 0.2) is 0 Å². The van der Waals surface area contributed by atoms with E-state index in [9.17, 15) is 4.79 Å². The van der Waals surface area contributed by atoms with Crippen LogP contribution in [0.15, 0.2) is 36.8 Å². The minimum Gasteiger partial charge on any atom is -0.350 e. The van der Waals surface area contributed by atoms with Crippen molar-refractivity contribution in [3.8, 4) is 0 Å². The fourth-order valence-corrected chi connectivity index (χ4v) is 2.76. The van der Waals surface area contributed by atoms with Crippen LogP contribution in [0.1, 0.15) is 48.2 Å². The summed E-state index contributed by atoms with van der Waals surface area (Å²) < 4.78 is 0. The van der Waals surface area contributed by atoms with Crippen molar-refractivity contribution in [2.45, 2.75) is 44.7 Å². The summed E-state index contributed by atoms with van der Waals surface area (Å²) >= 11 is 0. The monoisotopic (exact) mass is 311 g/mol. The second kappa shape index (κ2) is 7.67. The Labute approximate surface area is 135 Å². The molecule has 3 rings (SSSR count). The number of carbonyl (C=O) groups is 1. The Morgan fingerprint density at radius 3 is 2.65 bits per heavy atom. The summed E-state index contributed by atoms with van der Waals surface area (Å²) in [4.78, 5) is 24.8. The third-order valence-electron chi connectivity index (χ3n) is 4.03. The lowest BCUT2D eigenvalue weighted by molar-refractivity contribution is 0.0922. The first-order valence-corrected chi connectivity index (χ1v) is 8.08. The fraction of sp³-hybridized carbons (Fsp3) is 0.412. The first-order chi connectivity index (χ1) is 11.3. The zero-order valence-electron chi connectivity index (χ0n) is 13.0. The number of hydrogen-bond donors (Lipinski definition) is 2. The summed E-state index contributed by atoms with van der Waals surface area (Å²) in [7, 11) is 0. The SMILES string of the molecule is O=C(NC1CCCCC1)c1ccnc(NCc2ccncc2)n1. The molecule has 2 aromatic rings. The largest absolute Gasteiger partial charge is 0.350 e. The van der Waals surface area contributed by atoms with Crippen molar-refractivity contribution >= 4 is 11.9 Å². The molecular weight excluding hydrogens is 290 g/mol. The highest BCUT2D eigenvalue weighted by molar-refractivity contribution is 5.92. The van der Waals surface area contributed by atoms with Gasteiger partial charge in [-0.15, -0.1) is 0 Å². The van der Waals surface area contributed by atoms with Crippen LogP contribution in [-0.2, 0) is 6.54 Å². The molecule has 1 aliphatic rings. The van der Waals surface area contributed by atoms with Gasteiger partial charge in [0.25, 0.3) is 5.91 Å². The van der Waals surface area contributed by atoms with Crippen molar-refractivity contribution in [1.82, 2.24) is 20.3 Å². The summed E-state index contributed by atoms with van der Waals surface area (Å²) in [6.07, 6.45) is 10.9. The molecule has 6 nitrogen and oxygen atoms in total. The molecule has 1 amide bonds. The summed E-state index contributed by atoms with van der Waals surface area (Å²) in [6.45, 7) is 0.593. The summed E-state index contributed by atoms with van der Waals surface area (Å²) in [5, 5.41) is 6.20. The van der Waals surface area contributed by atoms with Crippen molar-refractivity contribution < 1.29 is 4.79 Å². The van der Waals surface area contributed by atoms with Gasteiger partial charge in [-0.3, -0.25) is 9.78 Å². The molecule has 0 radical (unpaired) electrons. The van der Waals surface area contributed by atoms with Crippen molar-refractivity contribution in [2.75, 3.05) is 5.32 Å². The van der Waals surface area contributed by atoms with Gasteiger partial charge in [0, 0.05) is 31.2 Å².